The molecular weight excluding hydrogens is 372 g/mol. The smallest absolute Gasteiger partial charge is 0.261 e. The largest absolute Gasteiger partial charge is 0.376 e. The first kappa shape index (κ1) is 18.9. The molecule has 2 bridgehead atoms. The predicted molar refractivity (Wildman–Crippen MR) is 103 cm³/mol. The number of hydrogen-bond donors (Lipinski definition) is 0. The van der Waals surface area contributed by atoms with Gasteiger partial charge in [-0.1, -0.05) is 48.3 Å². The van der Waals surface area contributed by atoms with E-state index in [1.165, 1.54) is 0 Å². The van der Waals surface area contributed by atoms with Gasteiger partial charge in [0.2, 0.25) is 0 Å². The van der Waals surface area contributed by atoms with Crippen molar-refractivity contribution in [3.63, 3.8) is 0 Å². The van der Waals surface area contributed by atoms with Gasteiger partial charge in [-0.3, -0.25) is 9.59 Å². The van der Waals surface area contributed by atoms with Gasteiger partial charge in [0.1, 0.15) is 0 Å². The van der Waals surface area contributed by atoms with Crippen molar-refractivity contribution in [3.05, 3.63) is 0 Å². The van der Waals surface area contributed by atoms with E-state index in [2.05, 4.69) is 13.8 Å². The molecule has 0 radical (unpaired) electrons. The minimum Gasteiger partial charge on any atom is -0.376 e. The van der Waals surface area contributed by atoms with Gasteiger partial charge in [0, 0.05) is 39.1 Å². The van der Waals surface area contributed by atoms with Gasteiger partial charge < -0.3 is 19.3 Å². The van der Waals surface area contributed by atoms with Crippen LogP contribution in [0.4, 0.5) is 0 Å². The Hall–Kier alpha value is -0.440. The Labute approximate surface area is 163 Å². The summed E-state index contributed by atoms with van der Waals surface area (Å²) in [5.74, 6) is 0.174. The maximum atomic E-state index is 13.4. The van der Waals surface area contributed by atoms with Crippen molar-refractivity contribution in [3.8, 4) is 0 Å². The molecule has 5 saturated heterocycles. The van der Waals surface area contributed by atoms with Crippen molar-refractivity contribution in [2.75, 3.05) is 26.3 Å². The normalized spacial score (nSPS) is 38.2. The molecule has 0 saturated carbocycles. The summed E-state index contributed by atoms with van der Waals surface area (Å²) in [4.78, 5) is 28.8. The summed E-state index contributed by atoms with van der Waals surface area (Å²) in [6.07, 6.45) is 5.34. The van der Waals surface area contributed by atoms with E-state index in [1.807, 2.05) is 9.80 Å². The van der Waals surface area contributed by atoms with Gasteiger partial charge in [0.15, 0.2) is 9.74 Å². The Morgan fingerprint density at radius 3 is 1.69 bits per heavy atom. The molecule has 5 aliphatic rings. The van der Waals surface area contributed by atoms with Crippen LogP contribution >= 0.6 is 21.6 Å². The second kappa shape index (κ2) is 7.18. The van der Waals surface area contributed by atoms with Crippen LogP contribution in [0.3, 0.4) is 0 Å². The van der Waals surface area contributed by atoms with Crippen molar-refractivity contribution < 1.29 is 19.1 Å². The SMILES string of the molecule is CCCCO[C@H]1CN2C(=O)[C@]34C[C@@H](OCCCC)CN3C(=O)[C@@]2(C1)SS4. The lowest BCUT2D eigenvalue weighted by molar-refractivity contribution is -0.161. The highest BCUT2D eigenvalue weighted by atomic mass is 33.1. The third-order valence-corrected chi connectivity index (χ3v) is 9.49. The number of carbonyl (C=O) groups excluding carboxylic acids is 2. The number of carbonyl (C=O) groups is 2. The average Bonchev–Trinajstić information content (AvgIpc) is 3.19. The molecule has 5 rings (SSSR count). The maximum absolute atomic E-state index is 13.4. The van der Waals surface area contributed by atoms with Crippen molar-refractivity contribution in [2.45, 2.75) is 74.3 Å². The Kier molecular flexibility index (Phi) is 5.22. The molecular formula is C18H28N2O4S2. The lowest BCUT2D eigenvalue weighted by Gasteiger charge is -2.56. The van der Waals surface area contributed by atoms with Crippen LogP contribution < -0.4 is 0 Å². The van der Waals surface area contributed by atoms with Gasteiger partial charge in [0.05, 0.1) is 12.2 Å². The molecule has 26 heavy (non-hydrogen) atoms. The summed E-state index contributed by atoms with van der Waals surface area (Å²) in [5, 5.41) is 0. The Morgan fingerprint density at radius 2 is 1.31 bits per heavy atom. The van der Waals surface area contributed by atoms with E-state index < -0.39 is 9.74 Å². The average molecular weight is 401 g/mol. The molecule has 5 aliphatic heterocycles. The molecule has 2 spiro atoms. The third-order valence-electron chi connectivity index (χ3n) is 5.83. The van der Waals surface area contributed by atoms with Crippen LogP contribution in [0.15, 0.2) is 0 Å². The zero-order chi connectivity index (χ0) is 18.4. The molecule has 0 N–H and O–H groups in total. The molecule has 2 amide bonds. The second-order valence-corrected chi connectivity index (χ2v) is 10.4. The maximum Gasteiger partial charge on any atom is 0.261 e. The molecule has 5 heterocycles. The van der Waals surface area contributed by atoms with Crippen LogP contribution in [0.25, 0.3) is 0 Å². The zero-order valence-electron chi connectivity index (χ0n) is 15.6. The third kappa shape index (κ3) is 2.71. The van der Waals surface area contributed by atoms with Crippen LogP contribution in [-0.2, 0) is 19.1 Å². The Morgan fingerprint density at radius 1 is 0.885 bits per heavy atom. The summed E-state index contributed by atoms with van der Waals surface area (Å²) in [6, 6.07) is 0. The van der Waals surface area contributed by atoms with Crippen LogP contribution in [0.2, 0.25) is 0 Å². The first-order valence-corrected chi connectivity index (χ1v) is 12.0. The van der Waals surface area contributed by atoms with Gasteiger partial charge in [-0.15, -0.1) is 0 Å². The Balaban J connectivity index is 1.50. The van der Waals surface area contributed by atoms with Gasteiger partial charge >= 0.3 is 0 Å². The summed E-state index contributed by atoms with van der Waals surface area (Å²) >= 11 is 0. The molecule has 4 atom stereocenters. The van der Waals surface area contributed by atoms with Crippen LogP contribution in [0, 0.1) is 0 Å². The summed E-state index contributed by atoms with van der Waals surface area (Å²) in [5.41, 5.74) is 0. The molecule has 0 aliphatic carbocycles. The number of ether oxygens (including phenoxy) is 2. The Bertz CT molecular complexity index is 542. The first-order chi connectivity index (χ1) is 12.6. The van der Waals surface area contributed by atoms with Gasteiger partial charge in [-0.2, -0.15) is 0 Å². The molecule has 0 aromatic heterocycles. The minimum atomic E-state index is -0.765. The van der Waals surface area contributed by atoms with Crippen LogP contribution in [-0.4, -0.2) is 69.9 Å². The van der Waals surface area contributed by atoms with Gasteiger partial charge in [-0.05, 0) is 12.8 Å². The van der Waals surface area contributed by atoms with Crippen molar-refractivity contribution in [1.29, 1.82) is 0 Å². The van der Waals surface area contributed by atoms with E-state index in [0.717, 1.165) is 25.7 Å². The standard InChI is InChI=1S/C18H28N2O4S2/c1-3-5-7-23-13-9-17-15(21)20-12-14(24-8-6-4-2)10-18(20,26-25-17)16(22)19(17)11-13/h13-14H,3-12H2,1-2H3/t13-,14-,17-,18-/m1/s1. The van der Waals surface area contributed by atoms with E-state index in [9.17, 15) is 9.59 Å². The number of hydrogen-bond acceptors (Lipinski definition) is 6. The summed E-state index contributed by atoms with van der Waals surface area (Å²) < 4.78 is 11.9. The highest BCUT2D eigenvalue weighted by molar-refractivity contribution is 8.78. The van der Waals surface area contributed by atoms with E-state index in [0.29, 0.717) is 39.1 Å². The van der Waals surface area contributed by atoms with E-state index in [-0.39, 0.29) is 24.0 Å². The minimum absolute atomic E-state index is 0.0330. The number of nitrogens with zero attached hydrogens (tertiary/aromatic N) is 2. The molecule has 0 unspecified atom stereocenters. The van der Waals surface area contributed by atoms with E-state index >= 15 is 0 Å². The molecule has 0 aromatic carbocycles. The molecule has 8 heteroatoms. The summed E-state index contributed by atoms with van der Waals surface area (Å²) in [7, 11) is 3.16. The fraction of sp³-hybridized carbons (Fsp3) is 0.889. The van der Waals surface area contributed by atoms with Crippen molar-refractivity contribution in [2.24, 2.45) is 0 Å². The number of unbranched alkanes of at least 4 members (excludes halogenated alkanes) is 2. The van der Waals surface area contributed by atoms with Crippen LogP contribution in [0.5, 0.6) is 0 Å². The number of fused-ring (bicyclic) bond motifs is 1. The zero-order valence-corrected chi connectivity index (χ0v) is 17.2. The lowest BCUT2D eigenvalue weighted by atomic mass is 10.0. The first-order valence-electron chi connectivity index (χ1n) is 9.81. The molecule has 5 fully saturated rings. The molecule has 146 valence electrons. The predicted octanol–water partition coefficient (Wildman–Crippen LogP) is 2.62. The van der Waals surface area contributed by atoms with Gasteiger partial charge in [-0.25, -0.2) is 0 Å². The van der Waals surface area contributed by atoms with Crippen molar-refractivity contribution in [1.82, 2.24) is 9.80 Å². The van der Waals surface area contributed by atoms with Crippen LogP contribution in [0.1, 0.15) is 52.4 Å². The van der Waals surface area contributed by atoms with E-state index in [4.69, 9.17) is 9.47 Å². The van der Waals surface area contributed by atoms with Crippen molar-refractivity contribution >= 4 is 33.4 Å². The summed E-state index contributed by atoms with van der Waals surface area (Å²) in [6.45, 7) is 6.75. The fourth-order valence-electron chi connectivity index (χ4n) is 4.37. The quantitative estimate of drug-likeness (QED) is 0.461. The monoisotopic (exact) mass is 400 g/mol. The second-order valence-electron chi connectivity index (χ2n) is 7.67. The number of amides is 2. The highest BCUT2D eigenvalue weighted by Gasteiger charge is 2.74. The topological polar surface area (TPSA) is 59.1 Å². The van der Waals surface area contributed by atoms with E-state index in [1.54, 1.807) is 21.6 Å². The fourth-order valence-corrected chi connectivity index (χ4v) is 8.21. The lowest BCUT2D eigenvalue weighted by Crippen LogP contribution is -2.73. The number of rotatable bonds is 8. The van der Waals surface area contributed by atoms with Gasteiger partial charge in [0.25, 0.3) is 11.8 Å². The number of piperazine rings is 1. The molecule has 0 aromatic rings. The molecule has 6 nitrogen and oxygen atoms in total. The highest BCUT2D eigenvalue weighted by Crippen LogP contribution is 2.65.